The maximum absolute atomic E-state index is 14.3. The molecule has 7 nitrogen and oxygen atoms in total. The second-order valence-electron chi connectivity index (χ2n) is 9.00. The van der Waals surface area contributed by atoms with Crippen LogP contribution in [0.2, 0.25) is 0 Å². The van der Waals surface area contributed by atoms with Gasteiger partial charge in [0.2, 0.25) is 0 Å². The number of rotatable bonds is 7. The summed E-state index contributed by atoms with van der Waals surface area (Å²) in [7, 11) is 2.00. The summed E-state index contributed by atoms with van der Waals surface area (Å²) in [6.07, 6.45) is -0.150. The van der Waals surface area contributed by atoms with Crippen molar-refractivity contribution in [3.63, 3.8) is 0 Å². The summed E-state index contributed by atoms with van der Waals surface area (Å²) in [6.45, 7) is 4.05. The van der Waals surface area contributed by atoms with Crippen LogP contribution in [-0.2, 0) is 10.2 Å². The molecular formula is C27H27FN2O5. The van der Waals surface area contributed by atoms with Gasteiger partial charge in [-0.1, -0.05) is 18.2 Å². The number of para-hydroxylation sites is 2. The summed E-state index contributed by atoms with van der Waals surface area (Å²) in [5, 5.41) is 11.9. The quantitative estimate of drug-likeness (QED) is 0.511. The molecule has 1 amide bonds. The molecule has 35 heavy (non-hydrogen) atoms. The highest BCUT2D eigenvalue weighted by Crippen LogP contribution is 2.32. The van der Waals surface area contributed by atoms with E-state index in [1.165, 1.54) is 26.0 Å². The maximum atomic E-state index is 14.3. The average molecular weight is 479 g/mol. The van der Waals surface area contributed by atoms with Crippen molar-refractivity contribution in [2.24, 2.45) is 0 Å². The zero-order valence-corrected chi connectivity index (χ0v) is 19.7. The highest BCUT2D eigenvalue weighted by Gasteiger charge is 2.30. The number of nitrogens with zero attached hydrogens (tertiary/aromatic N) is 1. The Hall–Kier alpha value is -4.07. The Kier molecular flexibility index (Phi) is 6.64. The van der Waals surface area contributed by atoms with Gasteiger partial charge in [-0.15, -0.1) is 0 Å². The zero-order chi connectivity index (χ0) is 25.2. The number of fused-ring (bicyclic) bond motifs is 1. The van der Waals surface area contributed by atoms with Gasteiger partial charge in [-0.25, -0.2) is 4.39 Å². The number of hydrogen-bond donors (Lipinski definition) is 2. The first-order chi connectivity index (χ1) is 16.6. The molecule has 3 aromatic rings. The summed E-state index contributed by atoms with van der Waals surface area (Å²) < 4.78 is 26.2. The molecule has 3 aromatic carbocycles. The van der Waals surface area contributed by atoms with Crippen LogP contribution in [-0.4, -0.2) is 43.3 Å². The van der Waals surface area contributed by atoms with Crippen LogP contribution in [0.15, 0.2) is 66.7 Å². The number of carboxylic acid groups (broad SMARTS) is 1. The number of hydrogen-bond acceptors (Lipinski definition) is 5. The number of halogens is 1. The largest absolute Gasteiger partial charge is 0.490 e. The normalized spacial score (nSPS) is 15.1. The molecule has 0 aliphatic carbocycles. The van der Waals surface area contributed by atoms with Gasteiger partial charge in [0.05, 0.1) is 23.3 Å². The van der Waals surface area contributed by atoms with E-state index < -0.39 is 23.1 Å². The van der Waals surface area contributed by atoms with E-state index in [1.54, 1.807) is 24.3 Å². The van der Waals surface area contributed by atoms with E-state index >= 15 is 0 Å². The lowest BCUT2D eigenvalue weighted by molar-refractivity contribution is -0.142. The van der Waals surface area contributed by atoms with Crippen LogP contribution >= 0.6 is 0 Å². The van der Waals surface area contributed by atoms with Gasteiger partial charge in [-0.05, 0) is 67.9 Å². The van der Waals surface area contributed by atoms with Crippen molar-refractivity contribution in [2.45, 2.75) is 25.4 Å². The van der Waals surface area contributed by atoms with Crippen molar-refractivity contribution < 1.29 is 28.6 Å². The van der Waals surface area contributed by atoms with Crippen LogP contribution in [0.1, 0.15) is 29.8 Å². The van der Waals surface area contributed by atoms with Gasteiger partial charge in [0.1, 0.15) is 30.0 Å². The van der Waals surface area contributed by atoms with E-state index in [4.69, 9.17) is 9.47 Å². The van der Waals surface area contributed by atoms with Gasteiger partial charge in [0.15, 0.2) is 0 Å². The minimum atomic E-state index is -1.23. The number of carbonyl (C=O) groups excluding carboxylic acids is 1. The molecule has 1 atom stereocenters. The molecule has 182 valence electrons. The molecule has 1 heterocycles. The van der Waals surface area contributed by atoms with Crippen LogP contribution < -0.4 is 19.7 Å². The van der Waals surface area contributed by atoms with Crippen molar-refractivity contribution in [1.29, 1.82) is 0 Å². The highest BCUT2D eigenvalue weighted by molar-refractivity contribution is 6.04. The smallest absolute Gasteiger partial charge is 0.313 e. The van der Waals surface area contributed by atoms with Gasteiger partial charge < -0.3 is 24.8 Å². The standard InChI is InChI=1S/C27H27FN2O5/c1-27(2,26(32)33)18-10-13-21(28)22(14-18)29-25(31)17-8-11-19(12-9-17)34-16-20-15-30(3)23-6-4-5-7-24(23)35-20/h4-14,20H,15-16H2,1-3H3,(H,29,31)(H,32,33)/t20-/m0/s1. The first-order valence-electron chi connectivity index (χ1n) is 11.2. The van der Waals surface area contributed by atoms with Crippen LogP contribution in [0.3, 0.4) is 0 Å². The monoisotopic (exact) mass is 478 g/mol. The summed E-state index contributed by atoms with van der Waals surface area (Å²) in [4.78, 5) is 26.3. The molecule has 0 radical (unpaired) electrons. The van der Waals surface area contributed by atoms with E-state index in [1.807, 2.05) is 31.3 Å². The lowest BCUT2D eigenvalue weighted by Crippen LogP contribution is -2.41. The highest BCUT2D eigenvalue weighted by atomic mass is 19.1. The van der Waals surface area contributed by atoms with Gasteiger partial charge in [-0.2, -0.15) is 0 Å². The number of likely N-dealkylation sites (N-methyl/N-ethyl adjacent to an activating group) is 1. The predicted octanol–water partition coefficient (Wildman–Crippen LogP) is 4.72. The van der Waals surface area contributed by atoms with Crippen molar-refractivity contribution >= 4 is 23.3 Å². The Labute approximate surface area is 203 Å². The fourth-order valence-electron chi connectivity index (χ4n) is 3.80. The van der Waals surface area contributed by atoms with Crippen molar-refractivity contribution in [1.82, 2.24) is 0 Å². The number of carboxylic acids is 1. The van der Waals surface area contributed by atoms with Crippen LogP contribution in [0.5, 0.6) is 11.5 Å². The van der Waals surface area contributed by atoms with Gasteiger partial charge in [-0.3, -0.25) is 9.59 Å². The maximum Gasteiger partial charge on any atom is 0.313 e. The molecule has 2 N–H and O–H groups in total. The third kappa shape index (κ3) is 5.21. The molecule has 8 heteroatoms. The van der Waals surface area contributed by atoms with E-state index in [0.29, 0.717) is 30.0 Å². The summed E-state index contributed by atoms with van der Waals surface area (Å²) in [5.41, 5.74) is 0.407. The number of carbonyl (C=O) groups is 2. The molecule has 0 aromatic heterocycles. The Morgan fingerprint density at radius 3 is 2.57 bits per heavy atom. The Balaban J connectivity index is 1.38. The fourth-order valence-corrected chi connectivity index (χ4v) is 3.80. The molecule has 0 fully saturated rings. The molecule has 0 spiro atoms. The van der Waals surface area contributed by atoms with E-state index in [2.05, 4.69) is 10.2 Å². The predicted molar refractivity (Wildman–Crippen MR) is 131 cm³/mol. The van der Waals surface area contributed by atoms with Crippen LogP contribution in [0.25, 0.3) is 0 Å². The molecule has 0 saturated heterocycles. The molecule has 0 bridgehead atoms. The molecule has 0 saturated carbocycles. The second kappa shape index (κ2) is 9.66. The fraction of sp³-hybridized carbons (Fsp3) is 0.259. The molecule has 4 rings (SSSR count). The van der Waals surface area contributed by atoms with Crippen molar-refractivity contribution in [2.75, 3.05) is 30.4 Å². The number of anilines is 2. The Morgan fingerprint density at radius 1 is 1.14 bits per heavy atom. The van der Waals surface area contributed by atoms with E-state index in [0.717, 1.165) is 17.5 Å². The summed E-state index contributed by atoms with van der Waals surface area (Å²) in [6, 6.07) is 18.2. The first kappa shape index (κ1) is 24.1. The average Bonchev–Trinajstić information content (AvgIpc) is 2.84. The number of nitrogens with one attached hydrogen (secondary N) is 1. The third-order valence-corrected chi connectivity index (χ3v) is 6.07. The van der Waals surface area contributed by atoms with Crippen LogP contribution in [0, 0.1) is 5.82 Å². The molecular weight excluding hydrogens is 451 g/mol. The minimum absolute atomic E-state index is 0.0824. The third-order valence-electron chi connectivity index (χ3n) is 6.07. The van der Waals surface area contributed by atoms with Gasteiger partial charge in [0, 0.05) is 12.6 Å². The molecule has 1 aliphatic heterocycles. The van der Waals surface area contributed by atoms with Crippen molar-refractivity contribution in [3.8, 4) is 11.5 Å². The molecule has 1 aliphatic rings. The van der Waals surface area contributed by atoms with Gasteiger partial charge >= 0.3 is 5.97 Å². The summed E-state index contributed by atoms with van der Waals surface area (Å²) in [5.74, 6) is -0.837. The topological polar surface area (TPSA) is 88.1 Å². The van der Waals surface area contributed by atoms with E-state index in [-0.39, 0.29) is 11.8 Å². The lowest BCUT2D eigenvalue weighted by Gasteiger charge is -2.33. The minimum Gasteiger partial charge on any atom is -0.490 e. The lowest BCUT2D eigenvalue weighted by atomic mass is 9.84. The molecule has 0 unspecified atom stereocenters. The summed E-state index contributed by atoms with van der Waals surface area (Å²) >= 11 is 0. The number of aliphatic carboxylic acids is 1. The zero-order valence-electron chi connectivity index (χ0n) is 19.7. The number of ether oxygens (including phenoxy) is 2. The second-order valence-corrected chi connectivity index (χ2v) is 9.00. The SMILES string of the molecule is CN1C[C@@H](COc2ccc(C(=O)Nc3cc(C(C)(C)C(=O)O)ccc3F)cc2)Oc2ccccc21. The van der Waals surface area contributed by atoms with Crippen molar-refractivity contribution in [3.05, 3.63) is 83.7 Å². The van der Waals surface area contributed by atoms with Gasteiger partial charge in [0.25, 0.3) is 5.91 Å². The van der Waals surface area contributed by atoms with Crippen LogP contribution in [0.4, 0.5) is 15.8 Å². The Morgan fingerprint density at radius 2 is 1.86 bits per heavy atom. The first-order valence-corrected chi connectivity index (χ1v) is 11.2. The van der Waals surface area contributed by atoms with E-state index in [9.17, 15) is 19.1 Å². The number of benzene rings is 3. The number of amides is 1. The Bertz CT molecular complexity index is 1240.